The Hall–Kier alpha value is -1.67. The van der Waals surface area contributed by atoms with Crippen molar-refractivity contribution in [3.05, 3.63) is 22.4 Å². The number of fused-ring (bicyclic) bond motifs is 1. The van der Waals surface area contributed by atoms with Crippen LogP contribution in [0.4, 0.5) is 5.82 Å². The topological polar surface area (TPSA) is 69.0 Å². The van der Waals surface area contributed by atoms with E-state index in [1.54, 1.807) is 17.6 Å². The lowest BCUT2D eigenvalue weighted by Gasteiger charge is -2.27. The quantitative estimate of drug-likeness (QED) is 0.778. The Morgan fingerprint density at radius 1 is 1.48 bits per heavy atom. The monoisotopic (exact) mass is 354 g/mol. The number of hydrogen-bond donors (Lipinski definition) is 0. The first-order chi connectivity index (χ1) is 10.2. The number of carbonyl (C=O) groups excluding carboxylic acids is 1. The van der Waals surface area contributed by atoms with Gasteiger partial charge in [-0.25, -0.2) is 14.3 Å². The van der Waals surface area contributed by atoms with Crippen molar-refractivity contribution < 1.29 is 14.3 Å². The van der Waals surface area contributed by atoms with Crippen molar-refractivity contribution in [1.82, 2.24) is 14.6 Å². The molecule has 1 aliphatic heterocycles. The minimum Gasteiger partial charge on any atom is -0.462 e. The third-order valence-corrected chi connectivity index (χ3v) is 3.80. The third kappa shape index (κ3) is 2.73. The lowest BCUT2D eigenvalue weighted by Crippen LogP contribution is -2.36. The Bertz CT molecular complexity index is 667. The van der Waals surface area contributed by atoms with Gasteiger partial charge in [0, 0.05) is 19.3 Å². The summed E-state index contributed by atoms with van der Waals surface area (Å²) in [6, 6.07) is 1.88. The molecule has 0 unspecified atom stereocenters. The number of nitrogens with zero attached hydrogens (tertiary/aromatic N) is 4. The number of halogens is 1. The molecule has 2 aromatic rings. The van der Waals surface area contributed by atoms with Gasteiger partial charge in [-0.2, -0.15) is 5.10 Å². The van der Waals surface area contributed by atoms with Crippen molar-refractivity contribution in [1.29, 1.82) is 0 Å². The molecule has 0 aliphatic carbocycles. The molecule has 7 nitrogen and oxygen atoms in total. The highest BCUT2D eigenvalue weighted by Gasteiger charge is 2.22. The first-order valence-electron chi connectivity index (χ1n) is 6.75. The highest BCUT2D eigenvalue weighted by molar-refractivity contribution is 9.10. The smallest absolute Gasteiger partial charge is 0.344 e. The first-order valence-corrected chi connectivity index (χ1v) is 7.54. The molecule has 3 heterocycles. The Morgan fingerprint density at radius 3 is 2.95 bits per heavy atom. The molecule has 8 heteroatoms. The van der Waals surface area contributed by atoms with Gasteiger partial charge < -0.3 is 14.4 Å². The molecule has 2 aromatic heterocycles. The first kappa shape index (κ1) is 14.3. The summed E-state index contributed by atoms with van der Waals surface area (Å²) in [6.45, 7) is 5.01. The van der Waals surface area contributed by atoms with Gasteiger partial charge in [-0.3, -0.25) is 0 Å². The summed E-state index contributed by atoms with van der Waals surface area (Å²) in [5.41, 5.74) is 0.844. The van der Waals surface area contributed by atoms with E-state index in [0.717, 1.165) is 18.9 Å². The Kier molecular flexibility index (Phi) is 4.07. The molecule has 0 bridgehead atoms. The maximum absolute atomic E-state index is 12.0. The Labute approximate surface area is 130 Å². The predicted octanol–water partition coefficient (Wildman–Crippen LogP) is 1.51. The zero-order valence-corrected chi connectivity index (χ0v) is 13.2. The zero-order chi connectivity index (χ0) is 14.8. The summed E-state index contributed by atoms with van der Waals surface area (Å²) in [5.74, 6) is 0.384. The minimum absolute atomic E-state index is 0.311. The number of morpholine rings is 1. The molecule has 112 valence electrons. The second-order valence-corrected chi connectivity index (χ2v) is 5.29. The standard InChI is InChI=1S/C13H15BrN4O3/c1-2-21-13(19)10-11(14)16-18-4-3-9(15-12(10)18)17-5-7-20-8-6-17/h3-4H,2,5-8H2,1H3. The van der Waals surface area contributed by atoms with Crippen molar-refractivity contribution >= 4 is 33.4 Å². The minimum atomic E-state index is -0.425. The number of anilines is 1. The van der Waals surface area contributed by atoms with Crippen LogP contribution in [0.2, 0.25) is 0 Å². The van der Waals surface area contributed by atoms with E-state index >= 15 is 0 Å². The van der Waals surface area contributed by atoms with E-state index < -0.39 is 5.97 Å². The van der Waals surface area contributed by atoms with Crippen LogP contribution >= 0.6 is 15.9 Å². The number of ether oxygens (including phenoxy) is 2. The maximum Gasteiger partial charge on any atom is 0.344 e. The predicted molar refractivity (Wildman–Crippen MR) is 79.7 cm³/mol. The fourth-order valence-corrected chi connectivity index (χ4v) is 2.75. The number of carbonyl (C=O) groups is 1. The molecule has 21 heavy (non-hydrogen) atoms. The van der Waals surface area contributed by atoms with Gasteiger partial charge in [0.15, 0.2) is 5.65 Å². The molecule has 0 saturated carbocycles. The molecule has 0 amide bonds. The average Bonchev–Trinajstić information content (AvgIpc) is 2.83. The van der Waals surface area contributed by atoms with Crippen molar-refractivity contribution in [2.24, 2.45) is 0 Å². The average molecular weight is 355 g/mol. The van der Waals surface area contributed by atoms with E-state index in [9.17, 15) is 4.79 Å². The molecular weight excluding hydrogens is 340 g/mol. The van der Waals surface area contributed by atoms with Crippen LogP contribution in [0, 0.1) is 0 Å². The lowest BCUT2D eigenvalue weighted by molar-refractivity contribution is 0.0527. The SMILES string of the molecule is CCOC(=O)c1c(Br)nn2ccc(N3CCOCC3)nc12. The second-order valence-electron chi connectivity index (χ2n) is 4.54. The van der Waals surface area contributed by atoms with Gasteiger partial charge in [0.2, 0.25) is 0 Å². The van der Waals surface area contributed by atoms with Gasteiger partial charge in [-0.15, -0.1) is 0 Å². The summed E-state index contributed by atoms with van der Waals surface area (Å²) in [4.78, 5) is 18.7. The summed E-state index contributed by atoms with van der Waals surface area (Å²) in [6.07, 6.45) is 1.79. The van der Waals surface area contributed by atoms with Crippen LogP contribution in [0.5, 0.6) is 0 Å². The van der Waals surface area contributed by atoms with Gasteiger partial charge in [0.1, 0.15) is 16.0 Å². The summed E-state index contributed by atoms with van der Waals surface area (Å²) < 4.78 is 12.4. The number of rotatable bonds is 3. The van der Waals surface area contributed by atoms with E-state index in [0.29, 0.717) is 35.6 Å². The van der Waals surface area contributed by atoms with Crippen molar-refractivity contribution in [2.45, 2.75) is 6.92 Å². The molecule has 1 fully saturated rings. The summed E-state index contributed by atoms with van der Waals surface area (Å²) >= 11 is 3.29. The van der Waals surface area contributed by atoms with Crippen LogP contribution in [0.1, 0.15) is 17.3 Å². The van der Waals surface area contributed by atoms with E-state index in [4.69, 9.17) is 9.47 Å². The van der Waals surface area contributed by atoms with Crippen molar-refractivity contribution in [3.63, 3.8) is 0 Å². The van der Waals surface area contributed by atoms with E-state index in [2.05, 4.69) is 30.9 Å². The van der Waals surface area contributed by atoms with Crippen LogP contribution in [0.15, 0.2) is 16.9 Å². The summed E-state index contributed by atoms with van der Waals surface area (Å²) in [5, 5.41) is 4.23. The van der Waals surface area contributed by atoms with Gasteiger partial charge in [-0.1, -0.05) is 0 Å². The number of esters is 1. The summed E-state index contributed by atoms with van der Waals surface area (Å²) in [7, 11) is 0. The van der Waals surface area contributed by atoms with Gasteiger partial charge >= 0.3 is 5.97 Å². The Morgan fingerprint density at radius 2 is 2.24 bits per heavy atom. The molecule has 0 N–H and O–H groups in total. The van der Waals surface area contributed by atoms with E-state index in [1.165, 1.54) is 0 Å². The maximum atomic E-state index is 12.0. The van der Waals surface area contributed by atoms with Crippen LogP contribution in [0.3, 0.4) is 0 Å². The van der Waals surface area contributed by atoms with Crippen LogP contribution in [-0.4, -0.2) is 53.5 Å². The molecule has 0 radical (unpaired) electrons. The van der Waals surface area contributed by atoms with Crippen LogP contribution in [-0.2, 0) is 9.47 Å². The van der Waals surface area contributed by atoms with Crippen molar-refractivity contribution in [3.8, 4) is 0 Å². The molecule has 0 spiro atoms. The van der Waals surface area contributed by atoms with Gasteiger partial charge in [0.25, 0.3) is 0 Å². The zero-order valence-electron chi connectivity index (χ0n) is 11.6. The molecule has 1 saturated heterocycles. The van der Waals surface area contributed by atoms with Gasteiger partial charge in [0.05, 0.1) is 19.8 Å². The number of hydrogen-bond acceptors (Lipinski definition) is 6. The molecule has 3 rings (SSSR count). The number of aromatic nitrogens is 3. The van der Waals surface area contributed by atoms with Gasteiger partial charge in [-0.05, 0) is 28.9 Å². The highest BCUT2D eigenvalue weighted by Crippen LogP contribution is 2.23. The third-order valence-electron chi connectivity index (χ3n) is 3.24. The van der Waals surface area contributed by atoms with Crippen LogP contribution in [0.25, 0.3) is 5.65 Å². The van der Waals surface area contributed by atoms with Crippen LogP contribution < -0.4 is 4.90 Å². The molecule has 0 aromatic carbocycles. The molecule has 1 aliphatic rings. The normalized spacial score (nSPS) is 15.4. The fourth-order valence-electron chi connectivity index (χ4n) is 2.24. The largest absolute Gasteiger partial charge is 0.462 e. The second kappa shape index (κ2) is 5.98. The van der Waals surface area contributed by atoms with E-state index in [1.807, 2.05) is 6.07 Å². The van der Waals surface area contributed by atoms with Crippen molar-refractivity contribution in [2.75, 3.05) is 37.8 Å². The Balaban J connectivity index is 2.02. The lowest BCUT2D eigenvalue weighted by atomic mass is 10.3. The molecular formula is C13H15BrN4O3. The highest BCUT2D eigenvalue weighted by atomic mass is 79.9. The van der Waals surface area contributed by atoms with E-state index in [-0.39, 0.29) is 0 Å². The fraction of sp³-hybridized carbons (Fsp3) is 0.462. The molecule has 0 atom stereocenters.